The molecule has 4 aromatic carbocycles. The normalized spacial score (nSPS) is 13.0. The van der Waals surface area contributed by atoms with Gasteiger partial charge < -0.3 is 28.1 Å². The van der Waals surface area contributed by atoms with Gasteiger partial charge in [-0.2, -0.15) is 6.67 Å². The van der Waals surface area contributed by atoms with E-state index >= 15 is 0 Å². The number of para-hydroxylation sites is 2. The molecule has 4 heterocycles. The molecule has 0 unspecified atom stereocenters. The molecular weight excluding hydrogens is 697 g/mol. The van der Waals surface area contributed by atoms with Gasteiger partial charge in [0.05, 0.1) is 0 Å². The first-order chi connectivity index (χ1) is 19.7. The molecule has 204 valence electrons. The molecule has 0 spiro atoms. The molecule has 0 atom stereocenters. The standard InChI is InChI=1S/C33H20N3O4.Pt/c1-35-14-15-36(20-35)21-16-27(32-23-8-2-4-10-25(23)38-28(32)17-21)37-22-18-29-33(24-9-3-5-11-26(24)39-29)30(19-22)40-31-12-6-7-13-34-31;/h2-15,17-18,20H,1H3;/q-3;. The van der Waals surface area contributed by atoms with Crippen molar-refractivity contribution >= 4 is 49.6 Å². The maximum atomic E-state index is 6.56. The van der Waals surface area contributed by atoms with Crippen molar-refractivity contribution in [3.63, 3.8) is 0 Å². The van der Waals surface area contributed by atoms with Gasteiger partial charge in [0.2, 0.25) is 5.88 Å². The fourth-order valence-corrected chi connectivity index (χ4v) is 5.03. The molecule has 1 aliphatic rings. The zero-order chi connectivity index (χ0) is 26.6. The van der Waals surface area contributed by atoms with Crippen LogP contribution in [0.4, 0.5) is 5.69 Å². The summed E-state index contributed by atoms with van der Waals surface area (Å²) in [6, 6.07) is 31.8. The van der Waals surface area contributed by atoms with E-state index < -0.39 is 0 Å². The molecule has 7 aromatic rings. The van der Waals surface area contributed by atoms with Crippen molar-refractivity contribution in [3.8, 4) is 23.1 Å². The van der Waals surface area contributed by atoms with Crippen LogP contribution < -0.4 is 14.4 Å². The average molecular weight is 718 g/mol. The summed E-state index contributed by atoms with van der Waals surface area (Å²) in [6.45, 7) is 1.95. The predicted molar refractivity (Wildman–Crippen MR) is 153 cm³/mol. The molecule has 1 aliphatic heterocycles. The summed E-state index contributed by atoms with van der Waals surface area (Å²) >= 11 is 0. The molecular formula is C33H20N3O4Pt-3. The summed E-state index contributed by atoms with van der Waals surface area (Å²) in [4.78, 5) is 8.26. The van der Waals surface area contributed by atoms with Crippen molar-refractivity contribution in [3.05, 3.63) is 116 Å². The second-order valence-electron chi connectivity index (χ2n) is 9.48. The van der Waals surface area contributed by atoms with E-state index in [1.807, 2.05) is 109 Å². The van der Waals surface area contributed by atoms with Crippen LogP contribution in [-0.2, 0) is 21.1 Å². The summed E-state index contributed by atoms with van der Waals surface area (Å²) in [5, 5.41) is 3.47. The van der Waals surface area contributed by atoms with Crippen LogP contribution in [0.25, 0.3) is 43.9 Å². The largest absolute Gasteiger partial charge is 0.510 e. The van der Waals surface area contributed by atoms with Gasteiger partial charge in [-0.05, 0) is 59.2 Å². The molecule has 3 aromatic heterocycles. The number of benzene rings is 4. The summed E-state index contributed by atoms with van der Waals surface area (Å²) in [5.41, 5.74) is 3.59. The first kappa shape index (κ1) is 25.2. The Bertz CT molecular complexity index is 2080. The van der Waals surface area contributed by atoms with Crippen LogP contribution in [0.1, 0.15) is 0 Å². The minimum Gasteiger partial charge on any atom is -0.510 e. The minimum atomic E-state index is 0. The van der Waals surface area contributed by atoms with Crippen LogP contribution in [0.5, 0.6) is 23.1 Å². The summed E-state index contributed by atoms with van der Waals surface area (Å²) in [6.07, 6.45) is 5.60. The van der Waals surface area contributed by atoms with Crippen molar-refractivity contribution in [1.29, 1.82) is 0 Å². The Balaban J connectivity index is 0.00000276. The molecule has 8 heteroatoms. The van der Waals surface area contributed by atoms with E-state index in [1.165, 1.54) is 0 Å². The molecule has 8 rings (SSSR count). The van der Waals surface area contributed by atoms with E-state index in [0.29, 0.717) is 34.3 Å². The summed E-state index contributed by atoms with van der Waals surface area (Å²) < 4.78 is 25.2. The van der Waals surface area contributed by atoms with Gasteiger partial charge in [-0.3, -0.25) is 0 Å². The first-order valence-electron chi connectivity index (χ1n) is 12.7. The predicted octanol–water partition coefficient (Wildman–Crippen LogP) is 8.41. The van der Waals surface area contributed by atoms with Crippen LogP contribution in [0.15, 0.2) is 106 Å². The van der Waals surface area contributed by atoms with Gasteiger partial charge in [0.1, 0.15) is 11.2 Å². The van der Waals surface area contributed by atoms with Gasteiger partial charge in [0.15, 0.2) is 0 Å². The minimum absolute atomic E-state index is 0. The quantitative estimate of drug-likeness (QED) is 0.166. The molecule has 0 saturated heterocycles. The van der Waals surface area contributed by atoms with Crippen LogP contribution in [0, 0.1) is 18.8 Å². The number of fused-ring (bicyclic) bond motifs is 6. The number of ether oxygens (including phenoxy) is 2. The van der Waals surface area contributed by atoms with E-state index in [4.69, 9.17) is 18.3 Å². The SMILES string of the molecule is CN1C=CN(c2[c-]c(Oc3[c-]c(Oc4ccccn4)c4c(c3)oc3ccccc34)c3c(c2)oc2ccccc23)[CH-]1.[Pt]. The number of hydrogen-bond donors (Lipinski definition) is 0. The summed E-state index contributed by atoms with van der Waals surface area (Å²) in [7, 11) is 1.97. The Kier molecular flexibility index (Phi) is 6.17. The number of aromatic nitrogens is 1. The van der Waals surface area contributed by atoms with Crippen molar-refractivity contribution in [1.82, 2.24) is 9.88 Å². The molecule has 0 radical (unpaired) electrons. The molecule has 0 aliphatic carbocycles. The molecule has 0 amide bonds. The third-order valence-corrected chi connectivity index (χ3v) is 6.81. The summed E-state index contributed by atoms with van der Waals surface area (Å²) in [5.74, 6) is 1.82. The maximum absolute atomic E-state index is 6.56. The van der Waals surface area contributed by atoms with Crippen molar-refractivity contribution < 1.29 is 39.4 Å². The third-order valence-electron chi connectivity index (χ3n) is 6.81. The van der Waals surface area contributed by atoms with Gasteiger partial charge in [-0.1, -0.05) is 60.3 Å². The van der Waals surface area contributed by atoms with Gasteiger partial charge in [-0.15, -0.1) is 12.1 Å². The Morgan fingerprint density at radius 1 is 0.732 bits per heavy atom. The second kappa shape index (κ2) is 10.0. The monoisotopic (exact) mass is 717 g/mol. The second-order valence-corrected chi connectivity index (χ2v) is 9.48. The Labute approximate surface area is 249 Å². The van der Waals surface area contributed by atoms with E-state index in [2.05, 4.69) is 17.1 Å². The molecule has 0 saturated carbocycles. The van der Waals surface area contributed by atoms with Gasteiger partial charge in [0.25, 0.3) is 0 Å². The Hall–Kier alpha value is -4.74. The van der Waals surface area contributed by atoms with Gasteiger partial charge in [0, 0.05) is 61.7 Å². The first-order valence-corrected chi connectivity index (χ1v) is 12.7. The van der Waals surface area contributed by atoms with Crippen LogP contribution in [0.3, 0.4) is 0 Å². The number of anilines is 1. The zero-order valence-corrected chi connectivity index (χ0v) is 23.9. The van der Waals surface area contributed by atoms with Crippen LogP contribution in [-0.4, -0.2) is 16.9 Å². The van der Waals surface area contributed by atoms with Crippen molar-refractivity contribution in [2.45, 2.75) is 0 Å². The van der Waals surface area contributed by atoms with E-state index in [-0.39, 0.29) is 21.1 Å². The van der Waals surface area contributed by atoms with Gasteiger partial charge in [-0.25, -0.2) is 4.98 Å². The van der Waals surface area contributed by atoms with Crippen molar-refractivity contribution in [2.75, 3.05) is 11.9 Å². The Morgan fingerprint density at radius 2 is 1.39 bits per heavy atom. The number of nitrogens with zero attached hydrogens (tertiary/aromatic N) is 3. The Morgan fingerprint density at radius 3 is 2.05 bits per heavy atom. The maximum Gasteiger partial charge on any atom is 0.216 e. The van der Waals surface area contributed by atoms with E-state index in [9.17, 15) is 0 Å². The van der Waals surface area contributed by atoms with E-state index in [1.54, 1.807) is 12.3 Å². The molecule has 0 N–H and O–H groups in total. The number of rotatable bonds is 5. The zero-order valence-electron chi connectivity index (χ0n) is 21.6. The topological polar surface area (TPSA) is 64.1 Å². The molecule has 0 fully saturated rings. The van der Waals surface area contributed by atoms with Crippen molar-refractivity contribution in [2.24, 2.45) is 0 Å². The number of pyridine rings is 1. The smallest absolute Gasteiger partial charge is 0.216 e. The number of hydrogen-bond acceptors (Lipinski definition) is 7. The fraction of sp³-hybridized carbons (Fsp3) is 0.0303. The molecule has 7 nitrogen and oxygen atoms in total. The average Bonchev–Trinajstić information content (AvgIpc) is 3.68. The van der Waals surface area contributed by atoms with E-state index in [0.717, 1.165) is 38.4 Å². The van der Waals surface area contributed by atoms with Crippen LogP contribution >= 0.6 is 0 Å². The van der Waals surface area contributed by atoms with Gasteiger partial charge >= 0.3 is 0 Å². The fourth-order valence-electron chi connectivity index (χ4n) is 5.03. The molecule has 0 bridgehead atoms. The molecule has 41 heavy (non-hydrogen) atoms. The third kappa shape index (κ3) is 4.39. The van der Waals surface area contributed by atoms with Crippen LogP contribution in [0.2, 0.25) is 0 Å². The number of furan rings is 2.